The van der Waals surface area contributed by atoms with Gasteiger partial charge in [0.1, 0.15) is 11.5 Å². The lowest BCUT2D eigenvalue weighted by atomic mass is 9.99. The van der Waals surface area contributed by atoms with Gasteiger partial charge in [0, 0.05) is 10.9 Å². The Balaban J connectivity index is 2.96. The summed E-state index contributed by atoms with van der Waals surface area (Å²) in [5.74, 6) is 0.996. The Bertz CT molecular complexity index is 617. The van der Waals surface area contributed by atoms with Crippen molar-refractivity contribution in [3.63, 3.8) is 0 Å². The minimum atomic E-state index is 0.385. The van der Waals surface area contributed by atoms with Crippen LogP contribution in [0.25, 0.3) is 10.8 Å². The molecule has 0 atom stereocenters. The van der Waals surface area contributed by atoms with Gasteiger partial charge in [-0.2, -0.15) is 0 Å². The summed E-state index contributed by atoms with van der Waals surface area (Å²) in [4.78, 5) is 22.3. The fraction of sp³-hybridized carbons (Fsp3) is 0.143. The van der Waals surface area contributed by atoms with Gasteiger partial charge in [-0.15, -0.1) is 0 Å². The second kappa shape index (κ2) is 4.87. The lowest BCUT2D eigenvalue weighted by molar-refractivity contribution is 0.111. The number of fused-ring (bicyclic) bond motifs is 1. The van der Waals surface area contributed by atoms with Gasteiger partial charge in [-0.05, 0) is 29.7 Å². The molecule has 0 spiro atoms. The van der Waals surface area contributed by atoms with Crippen LogP contribution in [0.3, 0.4) is 0 Å². The zero-order chi connectivity index (χ0) is 13.1. The van der Waals surface area contributed by atoms with E-state index in [2.05, 4.69) is 0 Å². The van der Waals surface area contributed by atoms with E-state index in [1.54, 1.807) is 24.3 Å². The number of hydrogen-bond acceptors (Lipinski definition) is 4. The third-order valence-electron chi connectivity index (χ3n) is 2.86. The molecule has 92 valence electrons. The molecular weight excluding hydrogens is 232 g/mol. The van der Waals surface area contributed by atoms with Crippen molar-refractivity contribution in [2.75, 3.05) is 14.2 Å². The Hall–Kier alpha value is -2.36. The Morgan fingerprint density at radius 3 is 2.11 bits per heavy atom. The first-order valence-electron chi connectivity index (χ1n) is 5.34. The fourth-order valence-electron chi connectivity index (χ4n) is 2.01. The van der Waals surface area contributed by atoms with Gasteiger partial charge in [0.2, 0.25) is 0 Å². The summed E-state index contributed by atoms with van der Waals surface area (Å²) in [6.45, 7) is 0. The summed E-state index contributed by atoms with van der Waals surface area (Å²) in [5.41, 5.74) is 0.895. The Labute approximate surface area is 104 Å². The predicted octanol–water partition coefficient (Wildman–Crippen LogP) is 2.48. The Morgan fingerprint density at radius 2 is 1.56 bits per heavy atom. The molecule has 0 heterocycles. The van der Waals surface area contributed by atoms with Crippen LogP contribution in [0.5, 0.6) is 11.5 Å². The van der Waals surface area contributed by atoms with Crippen LogP contribution < -0.4 is 9.47 Å². The third-order valence-corrected chi connectivity index (χ3v) is 2.86. The highest BCUT2D eigenvalue weighted by Gasteiger charge is 2.14. The predicted molar refractivity (Wildman–Crippen MR) is 67.8 cm³/mol. The molecule has 0 saturated heterocycles. The molecule has 0 fully saturated rings. The van der Waals surface area contributed by atoms with Gasteiger partial charge in [0.05, 0.1) is 19.8 Å². The maximum absolute atomic E-state index is 11.2. The van der Waals surface area contributed by atoms with Crippen molar-refractivity contribution in [1.29, 1.82) is 0 Å². The molecule has 0 saturated carbocycles. The smallest absolute Gasteiger partial charge is 0.154 e. The van der Waals surface area contributed by atoms with Crippen molar-refractivity contribution in [1.82, 2.24) is 0 Å². The molecule has 0 aliphatic rings. The van der Waals surface area contributed by atoms with Gasteiger partial charge in [0.15, 0.2) is 12.6 Å². The highest BCUT2D eigenvalue weighted by molar-refractivity contribution is 6.09. The van der Waals surface area contributed by atoms with Crippen LogP contribution in [-0.2, 0) is 0 Å². The molecule has 4 heteroatoms. The van der Waals surface area contributed by atoms with Gasteiger partial charge in [0.25, 0.3) is 0 Å². The number of carbonyl (C=O) groups excluding carboxylic acids is 2. The number of ether oxygens (including phenoxy) is 2. The standard InChI is InChI=1S/C14H12O4/c1-17-12-6-4-10-9(7-15)3-5-13(18-2)14(10)11(12)8-16/h3-8H,1-2H3. The van der Waals surface area contributed by atoms with Crippen LogP contribution in [0.4, 0.5) is 0 Å². The quantitative estimate of drug-likeness (QED) is 0.775. The van der Waals surface area contributed by atoms with Crippen molar-refractivity contribution < 1.29 is 19.1 Å². The van der Waals surface area contributed by atoms with Crippen molar-refractivity contribution in [2.45, 2.75) is 0 Å². The Morgan fingerprint density at radius 1 is 0.889 bits per heavy atom. The van der Waals surface area contributed by atoms with Crippen LogP contribution in [0.2, 0.25) is 0 Å². The van der Waals surface area contributed by atoms with E-state index < -0.39 is 0 Å². The second-order valence-corrected chi connectivity index (χ2v) is 3.70. The molecule has 0 aliphatic heterocycles. The van der Waals surface area contributed by atoms with Crippen LogP contribution >= 0.6 is 0 Å². The van der Waals surface area contributed by atoms with Gasteiger partial charge >= 0.3 is 0 Å². The molecule has 2 rings (SSSR count). The minimum Gasteiger partial charge on any atom is -0.496 e. The van der Waals surface area contributed by atoms with E-state index >= 15 is 0 Å². The number of carbonyl (C=O) groups is 2. The van der Waals surface area contributed by atoms with Crippen molar-refractivity contribution in [2.24, 2.45) is 0 Å². The van der Waals surface area contributed by atoms with Gasteiger partial charge in [-0.1, -0.05) is 0 Å². The third kappa shape index (κ3) is 1.72. The molecule has 0 amide bonds. The number of benzene rings is 2. The van der Waals surface area contributed by atoms with E-state index in [0.29, 0.717) is 39.7 Å². The zero-order valence-corrected chi connectivity index (χ0v) is 10.1. The van der Waals surface area contributed by atoms with Crippen LogP contribution in [-0.4, -0.2) is 26.8 Å². The van der Waals surface area contributed by atoms with Crippen LogP contribution in [0.1, 0.15) is 20.7 Å². The monoisotopic (exact) mass is 244 g/mol. The van der Waals surface area contributed by atoms with Crippen molar-refractivity contribution in [3.05, 3.63) is 35.4 Å². The Kier molecular flexibility index (Phi) is 3.28. The molecule has 0 bridgehead atoms. The summed E-state index contributed by atoms with van der Waals surface area (Å²) in [6.07, 6.45) is 1.46. The first kappa shape index (κ1) is 12.1. The zero-order valence-electron chi connectivity index (χ0n) is 10.1. The molecule has 0 N–H and O–H groups in total. The lowest BCUT2D eigenvalue weighted by Crippen LogP contribution is -1.96. The van der Waals surface area contributed by atoms with Crippen molar-refractivity contribution in [3.8, 4) is 11.5 Å². The fourth-order valence-corrected chi connectivity index (χ4v) is 2.01. The summed E-state index contributed by atoms with van der Waals surface area (Å²) < 4.78 is 10.4. The summed E-state index contributed by atoms with van der Waals surface area (Å²) in [6, 6.07) is 6.74. The largest absolute Gasteiger partial charge is 0.496 e. The highest BCUT2D eigenvalue weighted by Crippen LogP contribution is 2.34. The summed E-state index contributed by atoms with van der Waals surface area (Å²) >= 11 is 0. The topological polar surface area (TPSA) is 52.6 Å². The average molecular weight is 244 g/mol. The SMILES string of the molecule is COc1ccc2c(C=O)ccc(OC)c2c1C=O. The van der Waals surface area contributed by atoms with Crippen LogP contribution in [0, 0.1) is 0 Å². The lowest BCUT2D eigenvalue weighted by Gasteiger charge is -2.12. The van der Waals surface area contributed by atoms with E-state index in [4.69, 9.17) is 9.47 Å². The average Bonchev–Trinajstić information content (AvgIpc) is 2.44. The van der Waals surface area contributed by atoms with Crippen LogP contribution in [0.15, 0.2) is 24.3 Å². The van der Waals surface area contributed by atoms with Crippen molar-refractivity contribution >= 4 is 23.3 Å². The maximum Gasteiger partial charge on any atom is 0.154 e. The maximum atomic E-state index is 11.2. The molecule has 2 aromatic carbocycles. The number of methoxy groups -OCH3 is 2. The molecule has 4 nitrogen and oxygen atoms in total. The molecule has 0 aliphatic carbocycles. The first-order valence-corrected chi connectivity index (χ1v) is 5.34. The molecular formula is C14H12O4. The molecule has 18 heavy (non-hydrogen) atoms. The first-order chi connectivity index (χ1) is 8.76. The number of aldehydes is 2. The number of hydrogen-bond donors (Lipinski definition) is 0. The number of rotatable bonds is 4. The minimum absolute atomic E-state index is 0.385. The van der Waals surface area contributed by atoms with Gasteiger partial charge in [-0.3, -0.25) is 9.59 Å². The normalized spacial score (nSPS) is 10.1. The highest BCUT2D eigenvalue weighted by atomic mass is 16.5. The van der Waals surface area contributed by atoms with E-state index in [0.717, 1.165) is 6.29 Å². The summed E-state index contributed by atoms with van der Waals surface area (Å²) in [7, 11) is 3.01. The van der Waals surface area contributed by atoms with E-state index in [-0.39, 0.29) is 0 Å². The summed E-state index contributed by atoms with van der Waals surface area (Å²) in [5, 5.41) is 1.27. The van der Waals surface area contributed by atoms with E-state index in [9.17, 15) is 9.59 Å². The second-order valence-electron chi connectivity index (χ2n) is 3.70. The van der Waals surface area contributed by atoms with Gasteiger partial charge in [-0.25, -0.2) is 0 Å². The van der Waals surface area contributed by atoms with E-state index in [1.807, 2.05) is 0 Å². The molecule has 2 aromatic rings. The molecule has 0 radical (unpaired) electrons. The molecule has 0 aromatic heterocycles. The van der Waals surface area contributed by atoms with E-state index in [1.165, 1.54) is 14.2 Å². The van der Waals surface area contributed by atoms with Gasteiger partial charge < -0.3 is 9.47 Å². The molecule has 0 unspecified atom stereocenters.